The zero-order valence-corrected chi connectivity index (χ0v) is 15.9. The molecule has 0 spiro atoms. The van der Waals surface area contributed by atoms with Gasteiger partial charge in [-0.1, -0.05) is 18.2 Å². The molecule has 1 unspecified atom stereocenters. The number of nitrogens with one attached hydrogen (secondary N) is 2. The molecule has 3 rings (SSSR count). The minimum absolute atomic E-state index is 0.0812. The molecule has 27 heavy (non-hydrogen) atoms. The summed E-state index contributed by atoms with van der Waals surface area (Å²) in [6, 6.07) is 12.7. The van der Waals surface area contributed by atoms with Gasteiger partial charge in [0.2, 0.25) is 5.91 Å². The molecule has 0 bridgehead atoms. The molecule has 0 saturated carbocycles. The maximum absolute atomic E-state index is 11.5. The molecular weight excluding hydrogens is 340 g/mol. The third-order valence-corrected chi connectivity index (χ3v) is 4.47. The summed E-state index contributed by atoms with van der Waals surface area (Å²) in [5, 5.41) is 5.31. The van der Waals surface area contributed by atoms with Crippen molar-refractivity contribution in [1.29, 1.82) is 0 Å². The van der Waals surface area contributed by atoms with Crippen LogP contribution in [-0.2, 0) is 27.4 Å². The van der Waals surface area contributed by atoms with E-state index in [0.717, 1.165) is 23.0 Å². The predicted molar refractivity (Wildman–Crippen MR) is 109 cm³/mol. The molecule has 0 saturated heterocycles. The molecule has 1 heterocycles. The van der Waals surface area contributed by atoms with Crippen molar-refractivity contribution in [1.82, 2.24) is 10.3 Å². The third kappa shape index (κ3) is 4.76. The number of fused-ring (bicyclic) bond motifs is 3. The van der Waals surface area contributed by atoms with E-state index >= 15 is 0 Å². The topological polar surface area (TPSA) is 63.4 Å². The summed E-state index contributed by atoms with van der Waals surface area (Å²) in [7, 11) is 0. The Labute approximate surface area is 159 Å². The fourth-order valence-electron chi connectivity index (χ4n) is 3.35. The van der Waals surface area contributed by atoms with Gasteiger partial charge >= 0.3 is 0 Å². The number of H-pyrrole nitrogens is 1. The lowest BCUT2D eigenvalue weighted by Gasteiger charge is -2.17. The predicted octanol–water partition coefficient (Wildman–Crippen LogP) is 4.06. The third-order valence-electron chi connectivity index (χ3n) is 4.47. The van der Waals surface area contributed by atoms with E-state index in [-0.39, 0.29) is 11.9 Å². The van der Waals surface area contributed by atoms with Gasteiger partial charge < -0.3 is 10.3 Å². The summed E-state index contributed by atoms with van der Waals surface area (Å²) in [6.45, 7) is 7.98. The highest BCUT2D eigenvalue weighted by molar-refractivity contribution is 6.07. The number of carbonyl (C=O) groups excluding carboxylic acids is 1. The van der Waals surface area contributed by atoms with Crippen molar-refractivity contribution in [3.05, 3.63) is 60.2 Å². The average Bonchev–Trinajstić information content (AvgIpc) is 2.99. The summed E-state index contributed by atoms with van der Waals surface area (Å²) in [6.07, 6.45) is 3.43. The smallest absolute Gasteiger partial charge is 0.217 e. The van der Waals surface area contributed by atoms with E-state index in [1.54, 1.807) is 0 Å². The van der Waals surface area contributed by atoms with Crippen LogP contribution in [0.5, 0.6) is 0 Å². The van der Waals surface area contributed by atoms with Gasteiger partial charge in [-0.2, -0.15) is 0 Å². The van der Waals surface area contributed by atoms with Crippen LogP contribution in [0.4, 0.5) is 0 Å². The van der Waals surface area contributed by atoms with Gasteiger partial charge in [-0.3, -0.25) is 4.79 Å². The highest BCUT2D eigenvalue weighted by Crippen LogP contribution is 2.28. The monoisotopic (exact) mass is 366 g/mol. The molecule has 0 radical (unpaired) electrons. The van der Waals surface area contributed by atoms with Crippen LogP contribution in [0.1, 0.15) is 25.0 Å². The molecule has 1 amide bonds. The first-order chi connectivity index (χ1) is 13.1. The Bertz CT molecular complexity index is 945. The summed E-state index contributed by atoms with van der Waals surface area (Å²) in [4.78, 5) is 25.1. The number of hydrogen-bond acceptors (Lipinski definition) is 3. The maximum Gasteiger partial charge on any atom is 0.217 e. The molecule has 0 fully saturated rings. The standard InChI is InChI=1S/C22H26N2O3/c1-4-6-16-7-9-21-19(12-16)20-13-17(8-10-22(20)24-21)11-18(23-15(3)25)14-27-26-5-2/h4,7-10,12-13,18,24H,1,5-6,11,14H2,2-3H3,(H,23,25). The molecule has 5 nitrogen and oxygen atoms in total. The lowest BCUT2D eigenvalue weighted by atomic mass is 10.0. The second-order valence-electron chi connectivity index (χ2n) is 6.67. The Morgan fingerprint density at radius 2 is 1.81 bits per heavy atom. The Balaban J connectivity index is 1.88. The van der Waals surface area contributed by atoms with Gasteiger partial charge in [-0.05, 0) is 55.2 Å². The van der Waals surface area contributed by atoms with Crippen molar-refractivity contribution in [2.45, 2.75) is 32.7 Å². The second kappa shape index (κ2) is 8.84. The van der Waals surface area contributed by atoms with Crippen LogP contribution in [0.25, 0.3) is 21.8 Å². The largest absolute Gasteiger partial charge is 0.355 e. The van der Waals surface area contributed by atoms with Crippen LogP contribution in [0, 0.1) is 0 Å². The lowest BCUT2D eigenvalue weighted by Crippen LogP contribution is -2.38. The van der Waals surface area contributed by atoms with Crippen molar-refractivity contribution >= 4 is 27.7 Å². The Morgan fingerprint density at radius 3 is 2.44 bits per heavy atom. The number of benzene rings is 2. The number of aromatic nitrogens is 1. The molecule has 0 aliphatic carbocycles. The van der Waals surface area contributed by atoms with Crippen LogP contribution in [0.2, 0.25) is 0 Å². The highest BCUT2D eigenvalue weighted by Gasteiger charge is 2.13. The van der Waals surface area contributed by atoms with Crippen molar-refractivity contribution in [3.63, 3.8) is 0 Å². The first kappa shape index (κ1) is 19.1. The molecular formula is C22H26N2O3. The molecule has 0 aliphatic rings. The molecule has 2 N–H and O–H groups in total. The fraction of sp³-hybridized carbons (Fsp3) is 0.318. The quantitative estimate of drug-likeness (QED) is 0.260. The summed E-state index contributed by atoms with van der Waals surface area (Å²) >= 11 is 0. The Hall–Kier alpha value is -2.63. The second-order valence-corrected chi connectivity index (χ2v) is 6.67. The van der Waals surface area contributed by atoms with Gasteiger partial charge in [-0.15, -0.1) is 6.58 Å². The molecule has 0 aliphatic heterocycles. The van der Waals surface area contributed by atoms with Crippen LogP contribution in [-0.4, -0.2) is 30.1 Å². The van der Waals surface area contributed by atoms with Gasteiger partial charge in [0.05, 0.1) is 12.6 Å². The van der Waals surface area contributed by atoms with E-state index in [1.165, 1.54) is 23.3 Å². The van der Waals surface area contributed by atoms with E-state index in [2.05, 4.69) is 53.3 Å². The van der Waals surface area contributed by atoms with Crippen LogP contribution >= 0.6 is 0 Å². The lowest BCUT2D eigenvalue weighted by molar-refractivity contribution is -0.294. The van der Waals surface area contributed by atoms with Crippen LogP contribution in [0.3, 0.4) is 0 Å². The van der Waals surface area contributed by atoms with E-state index in [9.17, 15) is 4.79 Å². The number of amides is 1. The van der Waals surface area contributed by atoms with Crippen molar-refractivity contribution in [3.8, 4) is 0 Å². The van der Waals surface area contributed by atoms with Crippen LogP contribution in [0.15, 0.2) is 49.1 Å². The van der Waals surface area contributed by atoms with Crippen molar-refractivity contribution in [2.75, 3.05) is 13.2 Å². The SMILES string of the molecule is C=CCc1ccc2[nH]c3ccc(CC(COOCC)NC(C)=O)cc3c2c1. The molecule has 1 atom stereocenters. The van der Waals surface area contributed by atoms with E-state index < -0.39 is 0 Å². The van der Waals surface area contributed by atoms with Gasteiger partial charge in [0, 0.05) is 28.7 Å². The maximum atomic E-state index is 11.5. The van der Waals surface area contributed by atoms with E-state index in [0.29, 0.717) is 19.6 Å². The first-order valence-electron chi connectivity index (χ1n) is 9.26. The number of allylic oxidation sites excluding steroid dienone is 1. The first-order valence-corrected chi connectivity index (χ1v) is 9.26. The van der Waals surface area contributed by atoms with Crippen molar-refractivity contribution in [2.24, 2.45) is 0 Å². The van der Waals surface area contributed by atoms with E-state index in [4.69, 9.17) is 9.78 Å². The summed E-state index contributed by atoms with van der Waals surface area (Å²) < 4.78 is 0. The molecule has 2 aromatic carbocycles. The fourth-order valence-corrected chi connectivity index (χ4v) is 3.35. The normalized spacial score (nSPS) is 12.4. The minimum atomic E-state index is -0.145. The van der Waals surface area contributed by atoms with Gasteiger partial charge in [0.25, 0.3) is 0 Å². The number of carbonyl (C=O) groups is 1. The number of aromatic amines is 1. The Morgan fingerprint density at radius 1 is 1.15 bits per heavy atom. The van der Waals surface area contributed by atoms with Gasteiger partial charge in [0.1, 0.15) is 6.61 Å². The average molecular weight is 366 g/mol. The van der Waals surface area contributed by atoms with Gasteiger partial charge in [0.15, 0.2) is 0 Å². The number of rotatable bonds is 9. The number of hydrogen-bond donors (Lipinski definition) is 2. The van der Waals surface area contributed by atoms with Gasteiger partial charge in [-0.25, -0.2) is 9.78 Å². The zero-order valence-electron chi connectivity index (χ0n) is 15.9. The van der Waals surface area contributed by atoms with Crippen molar-refractivity contribution < 1.29 is 14.6 Å². The molecule has 3 aromatic rings. The minimum Gasteiger partial charge on any atom is -0.355 e. The van der Waals surface area contributed by atoms with Crippen LogP contribution < -0.4 is 5.32 Å². The Kier molecular flexibility index (Phi) is 6.27. The zero-order chi connectivity index (χ0) is 19.2. The van der Waals surface area contributed by atoms with E-state index in [1.807, 2.05) is 13.0 Å². The molecule has 142 valence electrons. The molecule has 1 aromatic heterocycles. The molecule has 5 heteroatoms. The highest BCUT2D eigenvalue weighted by atomic mass is 17.2. The summed E-state index contributed by atoms with van der Waals surface area (Å²) in [5.41, 5.74) is 4.60. The summed E-state index contributed by atoms with van der Waals surface area (Å²) in [5.74, 6) is -0.0812.